The van der Waals surface area contributed by atoms with Crippen LogP contribution in [0.2, 0.25) is 0 Å². The van der Waals surface area contributed by atoms with Crippen LogP contribution in [-0.4, -0.2) is 4.98 Å². The second kappa shape index (κ2) is 6.03. The van der Waals surface area contributed by atoms with Gasteiger partial charge in [0, 0.05) is 17.2 Å². The summed E-state index contributed by atoms with van der Waals surface area (Å²) in [5, 5.41) is 0. The molecule has 0 fully saturated rings. The normalized spacial score (nSPS) is 10.7. The number of benzene rings is 2. The Morgan fingerprint density at radius 2 is 1.86 bits per heavy atom. The van der Waals surface area contributed by atoms with Crippen molar-refractivity contribution < 1.29 is 14.9 Å². The second-order valence-electron chi connectivity index (χ2n) is 5.26. The Morgan fingerprint density at radius 1 is 1.09 bits per heavy atom. The van der Waals surface area contributed by atoms with Crippen LogP contribution in [-0.2, 0) is 6.61 Å². The van der Waals surface area contributed by atoms with Gasteiger partial charge < -0.3 is 14.9 Å². The molecule has 0 aliphatic carbocycles. The minimum Gasteiger partial charge on any atom is -0.487 e. The predicted octanol–water partition coefficient (Wildman–Crippen LogP) is 3.41. The van der Waals surface area contributed by atoms with Crippen molar-refractivity contribution in [2.75, 3.05) is 0 Å². The standard InChI is InChI=1S/C18H18N2O2/c1-12-8-9-15(10-16(12)19)21-11-17-13(2)22-18(20-17)14-6-4-3-5-7-14/h3-10H,11,19H2,1-2H3/p+1. The molecule has 0 unspecified atom stereocenters. The summed E-state index contributed by atoms with van der Waals surface area (Å²) in [6, 6.07) is 15.7. The molecule has 0 amide bonds. The fourth-order valence-electron chi connectivity index (χ4n) is 2.16. The SMILES string of the molecule is Cc1ccc(OCc2nc(-c3ccccc3)oc2C)cc1[NH3+]. The molecule has 2 aromatic carbocycles. The summed E-state index contributed by atoms with van der Waals surface area (Å²) in [5.74, 6) is 2.19. The number of rotatable bonds is 4. The first kappa shape index (κ1) is 14.4. The summed E-state index contributed by atoms with van der Waals surface area (Å²) in [4.78, 5) is 4.53. The summed E-state index contributed by atoms with van der Waals surface area (Å²) in [6.45, 7) is 4.31. The molecule has 112 valence electrons. The Kier molecular flexibility index (Phi) is 3.94. The second-order valence-corrected chi connectivity index (χ2v) is 5.26. The van der Waals surface area contributed by atoms with Gasteiger partial charge in [0.05, 0.1) is 0 Å². The van der Waals surface area contributed by atoms with Crippen LogP contribution in [0.25, 0.3) is 11.5 Å². The summed E-state index contributed by atoms with van der Waals surface area (Å²) in [5.41, 5.74) is 7.88. The van der Waals surface area contributed by atoms with Gasteiger partial charge in [-0.3, -0.25) is 0 Å². The lowest BCUT2D eigenvalue weighted by molar-refractivity contribution is -0.255. The van der Waals surface area contributed by atoms with Crippen molar-refractivity contribution in [2.45, 2.75) is 20.5 Å². The zero-order valence-corrected chi connectivity index (χ0v) is 12.8. The number of hydrogen-bond donors (Lipinski definition) is 1. The first-order valence-electron chi connectivity index (χ1n) is 7.20. The van der Waals surface area contributed by atoms with E-state index in [1.165, 1.54) is 0 Å². The molecular formula is C18H19N2O2+. The molecule has 1 heterocycles. The third-order valence-electron chi connectivity index (χ3n) is 3.61. The molecule has 0 aliphatic rings. The zero-order valence-electron chi connectivity index (χ0n) is 12.8. The van der Waals surface area contributed by atoms with Crippen molar-refractivity contribution in [3.05, 3.63) is 65.5 Å². The van der Waals surface area contributed by atoms with Crippen molar-refractivity contribution in [2.24, 2.45) is 0 Å². The van der Waals surface area contributed by atoms with E-state index in [2.05, 4.69) is 10.7 Å². The molecule has 22 heavy (non-hydrogen) atoms. The Hall–Kier alpha value is -2.59. The first-order chi connectivity index (χ1) is 10.6. The smallest absolute Gasteiger partial charge is 0.226 e. The molecule has 4 heteroatoms. The fraction of sp³-hybridized carbons (Fsp3) is 0.167. The van der Waals surface area contributed by atoms with E-state index >= 15 is 0 Å². The zero-order chi connectivity index (χ0) is 15.5. The number of ether oxygens (including phenoxy) is 1. The van der Waals surface area contributed by atoms with Crippen LogP contribution < -0.4 is 10.5 Å². The highest BCUT2D eigenvalue weighted by Gasteiger charge is 2.12. The van der Waals surface area contributed by atoms with Gasteiger partial charge in [0.15, 0.2) is 0 Å². The molecule has 0 spiro atoms. The minimum atomic E-state index is 0.380. The highest BCUT2D eigenvalue weighted by atomic mass is 16.5. The molecule has 0 atom stereocenters. The summed E-state index contributed by atoms with van der Waals surface area (Å²) in [6.07, 6.45) is 0. The van der Waals surface area contributed by atoms with E-state index in [9.17, 15) is 0 Å². The topological polar surface area (TPSA) is 62.9 Å². The van der Waals surface area contributed by atoms with Crippen molar-refractivity contribution in [1.82, 2.24) is 4.98 Å². The fourth-order valence-corrected chi connectivity index (χ4v) is 2.16. The number of hydrogen-bond acceptors (Lipinski definition) is 3. The Labute approximate surface area is 129 Å². The molecule has 3 aromatic rings. The maximum atomic E-state index is 5.80. The Balaban J connectivity index is 1.76. The molecule has 0 saturated heterocycles. The van der Waals surface area contributed by atoms with Gasteiger partial charge in [-0.1, -0.05) is 18.2 Å². The van der Waals surface area contributed by atoms with E-state index in [1.54, 1.807) is 0 Å². The van der Waals surface area contributed by atoms with Crippen LogP contribution in [0, 0.1) is 13.8 Å². The number of aromatic nitrogens is 1. The van der Waals surface area contributed by atoms with E-state index < -0.39 is 0 Å². The number of nitrogens with zero attached hydrogens (tertiary/aromatic N) is 1. The first-order valence-corrected chi connectivity index (χ1v) is 7.20. The Bertz CT molecular complexity index is 779. The van der Waals surface area contributed by atoms with Gasteiger partial charge in [0.25, 0.3) is 0 Å². The largest absolute Gasteiger partial charge is 0.487 e. The summed E-state index contributed by atoms with van der Waals surface area (Å²) in [7, 11) is 0. The maximum absolute atomic E-state index is 5.80. The van der Waals surface area contributed by atoms with Gasteiger partial charge in [0.1, 0.15) is 29.5 Å². The van der Waals surface area contributed by atoms with Crippen LogP contribution in [0.5, 0.6) is 5.75 Å². The predicted molar refractivity (Wildman–Crippen MR) is 84.7 cm³/mol. The number of aryl methyl sites for hydroxylation is 2. The molecule has 1 aromatic heterocycles. The van der Waals surface area contributed by atoms with Gasteiger partial charge in [0.2, 0.25) is 5.89 Å². The monoisotopic (exact) mass is 295 g/mol. The minimum absolute atomic E-state index is 0.380. The summed E-state index contributed by atoms with van der Waals surface area (Å²) < 4.78 is 11.5. The van der Waals surface area contributed by atoms with E-state index in [0.29, 0.717) is 12.5 Å². The molecular weight excluding hydrogens is 276 g/mol. The molecule has 0 saturated carbocycles. The third kappa shape index (κ3) is 3.02. The van der Waals surface area contributed by atoms with Crippen LogP contribution >= 0.6 is 0 Å². The van der Waals surface area contributed by atoms with Crippen LogP contribution in [0.3, 0.4) is 0 Å². The molecule has 0 bridgehead atoms. The maximum Gasteiger partial charge on any atom is 0.226 e. The van der Waals surface area contributed by atoms with Crippen molar-refractivity contribution in [1.29, 1.82) is 0 Å². The lowest BCUT2D eigenvalue weighted by atomic mass is 10.2. The average Bonchev–Trinajstić information content (AvgIpc) is 2.90. The van der Waals surface area contributed by atoms with Crippen molar-refractivity contribution in [3.63, 3.8) is 0 Å². The van der Waals surface area contributed by atoms with Gasteiger partial charge in [-0.25, -0.2) is 4.98 Å². The molecule has 0 aliphatic heterocycles. The lowest BCUT2D eigenvalue weighted by Crippen LogP contribution is -2.41. The van der Waals surface area contributed by atoms with Gasteiger partial charge in [-0.15, -0.1) is 0 Å². The van der Waals surface area contributed by atoms with Gasteiger partial charge in [-0.2, -0.15) is 0 Å². The molecule has 4 nitrogen and oxygen atoms in total. The summed E-state index contributed by atoms with van der Waals surface area (Å²) >= 11 is 0. The quantitative estimate of drug-likeness (QED) is 0.802. The number of oxazole rings is 1. The van der Waals surface area contributed by atoms with Gasteiger partial charge in [-0.05, 0) is 38.1 Å². The molecule has 3 N–H and O–H groups in total. The van der Waals surface area contributed by atoms with Crippen molar-refractivity contribution >= 4 is 5.69 Å². The van der Waals surface area contributed by atoms with Crippen LogP contribution in [0.4, 0.5) is 5.69 Å². The van der Waals surface area contributed by atoms with E-state index in [4.69, 9.17) is 9.15 Å². The average molecular weight is 295 g/mol. The van der Waals surface area contributed by atoms with E-state index in [-0.39, 0.29) is 0 Å². The third-order valence-corrected chi connectivity index (χ3v) is 3.61. The highest BCUT2D eigenvalue weighted by molar-refractivity contribution is 5.53. The van der Waals surface area contributed by atoms with E-state index in [0.717, 1.165) is 34.0 Å². The highest BCUT2D eigenvalue weighted by Crippen LogP contribution is 2.23. The molecule has 0 radical (unpaired) electrons. The van der Waals surface area contributed by atoms with Gasteiger partial charge >= 0.3 is 0 Å². The lowest BCUT2D eigenvalue weighted by Gasteiger charge is -2.05. The number of quaternary nitrogens is 1. The van der Waals surface area contributed by atoms with E-state index in [1.807, 2.05) is 62.4 Å². The molecule has 3 rings (SSSR count). The van der Waals surface area contributed by atoms with Crippen molar-refractivity contribution in [3.8, 4) is 17.2 Å². The Morgan fingerprint density at radius 3 is 2.59 bits per heavy atom. The van der Waals surface area contributed by atoms with Crippen LogP contribution in [0.1, 0.15) is 17.0 Å². The van der Waals surface area contributed by atoms with Crippen LogP contribution in [0.15, 0.2) is 52.9 Å².